The zero-order valence-corrected chi connectivity index (χ0v) is 9.79. The van der Waals surface area contributed by atoms with Gasteiger partial charge in [0.25, 0.3) is 0 Å². The fourth-order valence-corrected chi connectivity index (χ4v) is 1.92. The number of hydrogen-bond acceptors (Lipinski definition) is 3. The van der Waals surface area contributed by atoms with Gasteiger partial charge in [0.1, 0.15) is 0 Å². The Labute approximate surface area is 87.7 Å². The van der Waals surface area contributed by atoms with E-state index in [1.807, 2.05) is 0 Å². The Morgan fingerprint density at radius 2 is 1.57 bits per heavy atom. The molecule has 0 amide bonds. The average molecular weight is 200 g/mol. The Hall–Kier alpha value is -0.120. The van der Waals surface area contributed by atoms with Crippen LogP contribution >= 0.6 is 0 Å². The largest absolute Gasteiger partial charge is 0.396 e. The fourth-order valence-electron chi connectivity index (χ4n) is 1.92. The summed E-state index contributed by atoms with van der Waals surface area (Å²) in [6, 6.07) is 0. The highest BCUT2D eigenvalue weighted by molar-refractivity contribution is 4.77. The molecule has 84 valence electrons. The first-order chi connectivity index (χ1) is 6.57. The van der Waals surface area contributed by atoms with Crippen molar-refractivity contribution in [2.24, 2.45) is 5.41 Å². The third-order valence-corrected chi connectivity index (χ3v) is 2.99. The van der Waals surface area contributed by atoms with Crippen LogP contribution in [0.25, 0.3) is 0 Å². The molecule has 0 radical (unpaired) electrons. The Kier molecular flexibility index (Phi) is 4.35. The molecule has 1 fully saturated rings. The Morgan fingerprint density at radius 3 is 2.00 bits per heavy atom. The third-order valence-electron chi connectivity index (χ3n) is 2.99. The highest BCUT2D eigenvalue weighted by Gasteiger charge is 2.23. The summed E-state index contributed by atoms with van der Waals surface area (Å²) < 4.78 is 0. The average Bonchev–Trinajstić information content (AvgIpc) is 2.19. The molecular formula is C11H24N2O. The minimum atomic E-state index is 0.0500. The van der Waals surface area contributed by atoms with Crippen LogP contribution in [0.2, 0.25) is 0 Å². The highest BCUT2D eigenvalue weighted by Crippen LogP contribution is 2.16. The van der Waals surface area contributed by atoms with Crippen molar-refractivity contribution in [1.82, 2.24) is 9.80 Å². The molecule has 1 aliphatic rings. The molecule has 0 unspecified atom stereocenters. The number of rotatable bonds is 4. The van der Waals surface area contributed by atoms with Gasteiger partial charge in [-0.25, -0.2) is 0 Å². The van der Waals surface area contributed by atoms with Crippen molar-refractivity contribution in [2.45, 2.75) is 20.8 Å². The first-order valence-electron chi connectivity index (χ1n) is 5.63. The Bertz CT molecular complexity index is 163. The van der Waals surface area contributed by atoms with Gasteiger partial charge in [-0.1, -0.05) is 20.8 Å². The summed E-state index contributed by atoms with van der Waals surface area (Å²) in [5.41, 5.74) is 0.0500. The van der Waals surface area contributed by atoms with Gasteiger partial charge in [0.05, 0.1) is 0 Å². The molecule has 0 aromatic heterocycles. The highest BCUT2D eigenvalue weighted by atomic mass is 16.3. The van der Waals surface area contributed by atoms with Crippen LogP contribution in [-0.4, -0.2) is 60.8 Å². The minimum absolute atomic E-state index is 0.0500. The lowest BCUT2D eigenvalue weighted by Crippen LogP contribution is -2.49. The normalized spacial score (nSPS) is 21.4. The van der Waals surface area contributed by atoms with Gasteiger partial charge in [0.2, 0.25) is 0 Å². The molecule has 0 aromatic rings. The van der Waals surface area contributed by atoms with Gasteiger partial charge in [0, 0.05) is 44.7 Å². The molecule has 0 spiro atoms. The number of nitrogens with zero attached hydrogens (tertiary/aromatic N) is 2. The zero-order chi connectivity index (χ0) is 10.6. The van der Waals surface area contributed by atoms with Gasteiger partial charge in [-0.3, -0.25) is 0 Å². The van der Waals surface area contributed by atoms with Gasteiger partial charge >= 0.3 is 0 Å². The van der Waals surface area contributed by atoms with E-state index in [2.05, 4.69) is 30.6 Å². The van der Waals surface area contributed by atoms with Crippen molar-refractivity contribution >= 4 is 0 Å². The SMILES string of the molecule is CCN1CCN(CC(C)(C)CO)CC1. The van der Waals surface area contributed by atoms with E-state index in [0.717, 1.165) is 26.2 Å². The van der Waals surface area contributed by atoms with Crippen molar-refractivity contribution in [3.05, 3.63) is 0 Å². The number of likely N-dealkylation sites (N-methyl/N-ethyl adjacent to an activating group) is 1. The van der Waals surface area contributed by atoms with Crippen LogP contribution in [0.4, 0.5) is 0 Å². The monoisotopic (exact) mass is 200 g/mol. The molecule has 0 atom stereocenters. The number of hydrogen-bond donors (Lipinski definition) is 1. The molecule has 1 heterocycles. The van der Waals surface area contributed by atoms with Gasteiger partial charge in [-0.05, 0) is 6.54 Å². The van der Waals surface area contributed by atoms with Crippen molar-refractivity contribution < 1.29 is 5.11 Å². The van der Waals surface area contributed by atoms with E-state index in [1.54, 1.807) is 0 Å². The van der Waals surface area contributed by atoms with Crippen molar-refractivity contribution in [3.8, 4) is 0 Å². The van der Waals surface area contributed by atoms with E-state index < -0.39 is 0 Å². The van der Waals surface area contributed by atoms with E-state index in [1.165, 1.54) is 13.1 Å². The summed E-state index contributed by atoms with van der Waals surface area (Å²) in [6.07, 6.45) is 0. The maximum Gasteiger partial charge on any atom is 0.0494 e. The van der Waals surface area contributed by atoms with Crippen LogP contribution in [0.1, 0.15) is 20.8 Å². The molecule has 3 nitrogen and oxygen atoms in total. The van der Waals surface area contributed by atoms with Crippen molar-refractivity contribution in [3.63, 3.8) is 0 Å². The van der Waals surface area contributed by atoms with Crippen LogP contribution in [-0.2, 0) is 0 Å². The lowest BCUT2D eigenvalue weighted by molar-refractivity contribution is 0.0679. The smallest absolute Gasteiger partial charge is 0.0494 e. The molecule has 3 heteroatoms. The molecule has 0 bridgehead atoms. The second kappa shape index (κ2) is 5.10. The number of aliphatic hydroxyl groups is 1. The number of piperazine rings is 1. The standard InChI is InChI=1S/C11H24N2O/c1-4-12-5-7-13(8-6-12)9-11(2,3)10-14/h14H,4-10H2,1-3H3. The van der Waals surface area contributed by atoms with E-state index in [4.69, 9.17) is 0 Å². The predicted octanol–water partition coefficient (Wildman–Crippen LogP) is 0.642. The van der Waals surface area contributed by atoms with Gasteiger partial charge in [0.15, 0.2) is 0 Å². The van der Waals surface area contributed by atoms with Crippen molar-refractivity contribution in [1.29, 1.82) is 0 Å². The number of aliphatic hydroxyl groups excluding tert-OH is 1. The Balaban J connectivity index is 2.28. The molecule has 0 saturated carbocycles. The van der Waals surface area contributed by atoms with Gasteiger partial charge in [-0.15, -0.1) is 0 Å². The lowest BCUT2D eigenvalue weighted by atomic mass is 9.94. The van der Waals surface area contributed by atoms with Crippen molar-refractivity contribution in [2.75, 3.05) is 45.9 Å². The molecule has 0 aromatic carbocycles. The zero-order valence-electron chi connectivity index (χ0n) is 9.79. The van der Waals surface area contributed by atoms with Crippen LogP contribution in [0, 0.1) is 5.41 Å². The van der Waals surface area contributed by atoms with Crippen LogP contribution in [0.5, 0.6) is 0 Å². The maximum absolute atomic E-state index is 9.19. The maximum atomic E-state index is 9.19. The van der Waals surface area contributed by atoms with Crippen LogP contribution in [0.3, 0.4) is 0 Å². The molecule has 1 saturated heterocycles. The summed E-state index contributed by atoms with van der Waals surface area (Å²) in [5.74, 6) is 0. The molecule has 1 aliphatic heterocycles. The van der Waals surface area contributed by atoms with E-state index >= 15 is 0 Å². The lowest BCUT2D eigenvalue weighted by Gasteiger charge is -2.37. The molecule has 1 rings (SSSR count). The Morgan fingerprint density at radius 1 is 1.07 bits per heavy atom. The van der Waals surface area contributed by atoms with Gasteiger partial charge in [-0.2, -0.15) is 0 Å². The summed E-state index contributed by atoms with van der Waals surface area (Å²) in [6.45, 7) is 13.6. The topological polar surface area (TPSA) is 26.7 Å². The first-order valence-corrected chi connectivity index (χ1v) is 5.63. The molecular weight excluding hydrogens is 176 g/mol. The summed E-state index contributed by atoms with van der Waals surface area (Å²) >= 11 is 0. The minimum Gasteiger partial charge on any atom is -0.396 e. The van der Waals surface area contributed by atoms with Crippen LogP contribution in [0.15, 0.2) is 0 Å². The summed E-state index contributed by atoms with van der Waals surface area (Å²) in [4.78, 5) is 4.94. The van der Waals surface area contributed by atoms with E-state index in [9.17, 15) is 5.11 Å². The van der Waals surface area contributed by atoms with Gasteiger partial charge < -0.3 is 14.9 Å². The second-order valence-electron chi connectivity index (χ2n) is 5.03. The summed E-state index contributed by atoms with van der Waals surface area (Å²) in [5, 5.41) is 9.19. The summed E-state index contributed by atoms with van der Waals surface area (Å²) in [7, 11) is 0. The third kappa shape index (κ3) is 3.56. The fraction of sp³-hybridized carbons (Fsp3) is 1.00. The molecule has 14 heavy (non-hydrogen) atoms. The first kappa shape index (κ1) is 12.0. The molecule has 1 N–H and O–H groups in total. The quantitative estimate of drug-likeness (QED) is 0.721. The predicted molar refractivity (Wildman–Crippen MR) is 59.4 cm³/mol. The molecule has 0 aliphatic carbocycles. The second-order valence-corrected chi connectivity index (χ2v) is 5.03. The van der Waals surface area contributed by atoms with Crippen LogP contribution < -0.4 is 0 Å². The van der Waals surface area contributed by atoms with E-state index in [-0.39, 0.29) is 12.0 Å². The van der Waals surface area contributed by atoms with E-state index in [0.29, 0.717) is 0 Å².